The molecule has 0 unspecified atom stereocenters. The highest BCUT2D eigenvalue weighted by Gasteiger charge is 2.19. The number of carbonyl (C=O) groups excluding carboxylic acids is 1. The zero-order valence-electron chi connectivity index (χ0n) is 11.8. The van der Waals surface area contributed by atoms with Crippen molar-refractivity contribution < 1.29 is 31.4 Å². The molecule has 21 heavy (non-hydrogen) atoms. The van der Waals surface area contributed by atoms with Crippen molar-refractivity contribution in [2.75, 3.05) is 0 Å². The number of benzene rings is 1. The first kappa shape index (κ1) is 17.3. The van der Waals surface area contributed by atoms with Gasteiger partial charge in [-0.1, -0.05) is 36.4 Å². The van der Waals surface area contributed by atoms with Crippen LogP contribution in [0.3, 0.4) is 0 Å². The number of nitrogens with one attached hydrogen (secondary N) is 1. The number of aliphatic hydroxyl groups is 1. The van der Waals surface area contributed by atoms with Crippen molar-refractivity contribution in [3.05, 3.63) is 66.5 Å². The van der Waals surface area contributed by atoms with Crippen molar-refractivity contribution in [2.24, 2.45) is 0 Å². The first-order valence-corrected chi connectivity index (χ1v) is 6.63. The fourth-order valence-corrected chi connectivity index (χ4v) is 2.02. The van der Waals surface area contributed by atoms with E-state index < -0.39 is 6.10 Å². The first-order chi connectivity index (χ1) is 9.66. The number of halogens is 1. The molecule has 4 nitrogen and oxygen atoms in total. The normalized spacial score (nSPS) is 12.9. The molecule has 5 heteroatoms. The number of hydrogen-bond acceptors (Lipinski definition) is 2. The molecule has 1 heterocycles. The zero-order valence-corrected chi connectivity index (χ0v) is 13.4. The second-order valence-corrected chi connectivity index (χ2v) is 4.76. The molecule has 2 N–H and O–H groups in total. The second-order valence-electron chi connectivity index (χ2n) is 4.76. The quantitative estimate of drug-likeness (QED) is 0.626. The maximum Gasteiger partial charge on any atom is 0.286 e. The summed E-state index contributed by atoms with van der Waals surface area (Å²) < 4.78 is 1.79. The van der Waals surface area contributed by atoms with E-state index in [1.165, 1.54) is 0 Å². The van der Waals surface area contributed by atoms with E-state index in [1.807, 2.05) is 60.9 Å². The molecule has 0 aliphatic heterocycles. The maximum absolute atomic E-state index is 11.9. The molecule has 0 spiro atoms. The number of rotatable bonds is 5. The lowest BCUT2D eigenvalue weighted by Crippen LogP contribution is -3.00. The summed E-state index contributed by atoms with van der Waals surface area (Å²) in [6, 6.07) is 14.6. The van der Waals surface area contributed by atoms with Gasteiger partial charge in [-0.3, -0.25) is 4.79 Å². The molecule has 2 atom stereocenters. The van der Waals surface area contributed by atoms with Crippen molar-refractivity contribution in [3.63, 3.8) is 0 Å². The molecular formula is C16H19BrN2O2. The van der Waals surface area contributed by atoms with E-state index in [0.29, 0.717) is 0 Å². The Balaban J connectivity index is 0.00000220. The van der Waals surface area contributed by atoms with Crippen LogP contribution in [0.1, 0.15) is 18.6 Å². The summed E-state index contributed by atoms with van der Waals surface area (Å²) in [6.07, 6.45) is 2.95. The van der Waals surface area contributed by atoms with Crippen LogP contribution in [0.15, 0.2) is 60.9 Å². The van der Waals surface area contributed by atoms with Crippen LogP contribution >= 0.6 is 0 Å². The number of aliphatic hydroxyl groups excluding tert-OH is 1. The minimum absolute atomic E-state index is 0. The topological polar surface area (TPSA) is 53.2 Å². The monoisotopic (exact) mass is 350 g/mol. The van der Waals surface area contributed by atoms with E-state index >= 15 is 0 Å². The highest BCUT2D eigenvalue weighted by atomic mass is 79.9. The second kappa shape index (κ2) is 8.54. The summed E-state index contributed by atoms with van der Waals surface area (Å²) in [6.45, 7) is 2.04. The molecule has 2 aromatic rings. The van der Waals surface area contributed by atoms with Crippen LogP contribution in [-0.4, -0.2) is 17.1 Å². The predicted molar refractivity (Wildman–Crippen MR) is 75.6 cm³/mol. The van der Waals surface area contributed by atoms with Crippen molar-refractivity contribution in [2.45, 2.75) is 25.6 Å². The third-order valence-electron chi connectivity index (χ3n) is 3.11. The Morgan fingerprint density at radius 3 is 2.33 bits per heavy atom. The van der Waals surface area contributed by atoms with Gasteiger partial charge >= 0.3 is 0 Å². The smallest absolute Gasteiger partial charge is 0.286 e. The van der Waals surface area contributed by atoms with Gasteiger partial charge in [0.15, 0.2) is 12.4 Å². The van der Waals surface area contributed by atoms with Gasteiger partial charge in [-0.25, -0.2) is 0 Å². The van der Waals surface area contributed by atoms with Crippen LogP contribution < -0.4 is 26.9 Å². The number of carbonyl (C=O) groups is 1. The van der Waals surface area contributed by atoms with Gasteiger partial charge in [-0.05, 0) is 12.5 Å². The molecular weight excluding hydrogens is 332 g/mol. The summed E-state index contributed by atoms with van der Waals surface area (Å²) in [5.41, 5.74) is 0.799. The van der Waals surface area contributed by atoms with Crippen LogP contribution in [-0.2, 0) is 11.3 Å². The third-order valence-corrected chi connectivity index (χ3v) is 3.11. The summed E-state index contributed by atoms with van der Waals surface area (Å²) >= 11 is 0. The molecule has 1 aromatic heterocycles. The first-order valence-electron chi connectivity index (χ1n) is 6.63. The van der Waals surface area contributed by atoms with E-state index in [9.17, 15) is 9.90 Å². The van der Waals surface area contributed by atoms with E-state index in [0.717, 1.165) is 5.56 Å². The van der Waals surface area contributed by atoms with Gasteiger partial charge in [0.2, 0.25) is 6.54 Å². The molecule has 0 bridgehead atoms. The van der Waals surface area contributed by atoms with Gasteiger partial charge in [-0.2, -0.15) is 4.57 Å². The number of aromatic nitrogens is 1. The lowest BCUT2D eigenvalue weighted by atomic mass is 10.0. The van der Waals surface area contributed by atoms with Gasteiger partial charge in [0.25, 0.3) is 5.91 Å². The van der Waals surface area contributed by atoms with Crippen molar-refractivity contribution >= 4 is 5.91 Å². The highest BCUT2D eigenvalue weighted by Crippen LogP contribution is 2.15. The van der Waals surface area contributed by atoms with E-state index in [4.69, 9.17) is 0 Å². The Morgan fingerprint density at radius 2 is 1.71 bits per heavy atom. The van der Waals surface area contributed by atoms with E-state index in [-0.39, 0.29) is 35.5 Å². The summed E-state index contributed by atoms with van der Waals surface area (Å²) in [5.74, 6) is -0.122. The van der Waals surface area contributed by atoms with E-state index in [1.54, 1.807) is 11.5 Å². The molecule has 0 fully saturated rings. The predicted octanol–water partition coefficient (Wildman–Crippen LogP) is -1.78. The molecule has 0 radical (unpaired) electrons. The lowest BCUT2D eigenvalue weighted by Gasteiger charge is -2.19. The van der Waals surface area contributed by atoms with Crippen LogP contribution in [0.2, 0.25) is 0 Å². The zero-order chi connectivity index (χ0) is 14.4. The molecule has 0 saturated carbocycles. The Labute approximate surface area is 135 Å². The minimum Gasteiger partial charge on any atom is -1.00 e. The number of amides is 1. The maximum atomic E-state index is 11.9. The fourth-order valence-electron chi connectivity index (χ4n) is 2.02. The molecule has 0 aliphatic rings. The molecule has 0 aliphatic carbocycles. The Morgan fingerprint density at radius 1 is 1.14 bits per heavy atom. The molecule has 1 amide bonds. The average molecular weight is 351 g/mol. The van der Waals surface area contributed by atoms with Gasteiger partial charge in [0.05, 0.1) is 12.1 Å². The van der Waals surface area contributed by atoms with Crippen LogP contribution in [0.25, 0.3) is 0 Å². The van der Waals surface area contributed by atoms with Crippen LogP contribution in [0, 0.1) is 0 Å². The Kier molecular flexibility index (Phi) is 7.05. The third kappa shape index (κ3) is 5.28. The number of pyridine rings is 1. The number of nitrogens with zero attached hydrogens (tertiary/aromatic N) is 1. The van der Waals surface area contributed by atoms with Crippen LogP contribution in [0.4, 0.5) is 0 Å². The van der Waals surface area contributed by atoms with Gasteiger partial charge in [0, 0.05) is 12.1 Å². The highest BCUT2D eigenvalue weighted by molar-refractivity contribution is 5.74. The Hall–Kier alpha value is -1.72. The molecule has 0 saturated heterocycles. The molecule has 1 aromatic carbocycles. The van der Waals surface area contributed by atoms with Crippen molar-refractivity contribution in [1.82, 2.24) is 5.32 Å². The largest absolute Gasteiger partial charge is 1.00 e. The summed E-state index contributed by atoms with van der Waals surface area (Å²) in [7, 11) is 0. The molecule has 112 valence electrons. The lowest BCUT2D eigenvalue weighted by molar-refractivity contribution is -0.684. The van der Waals surface area contributed by atoms with E-state index in [2.05, 4.69) is 5.32 Å². The van der Waals surface area contributed by atoms with Gasteiger partial charge < -0.3 is 27.4 Å². The summed E-state index contributed by atoms with van der Waals surface area (Å²) in [4.78, 5) is 11.9. The van der Waals surface area contributed by atoms with Crippen LogP contribution in [0.5, 0.6) is 0 Å². The standard InChI is InChI=1S/C16H18N2O2.BrH/c1-13(16(20)14-8-4-2-5-9-14)17-15(19)12-18-10-6-3-7-11-18;/h2-11,13,16,20H,12H2,1H3;1H/t13-,16+;/m0./s1. The van der Waals surface area contributed by atoms with Gasteiger partial charge in [0.1, 0.15) is 0 Å². The Bertz CT molecular complexity index is 549. The summed E-state index contributed by atoms with van der Waals surface area (Å²) in [5, 5.41) is 13.0. The molecule has 2 rings (SSSR count). The van der Waals surface area contributed by atoms with Gasteiger partial charge in [-0.15, -0.1) is 0 Å². The fraction of sp³-hybridized carbons (Fsp3) is 0.250. The minimum atomic E-state index is -0.707. The SMILES string of the molecule is C[C@H](NC(=O)C[n+]1ccccc1)[C@@H](O)c1ccccc1.[Br-]. The van der Waals surface area contributed by atoms with Crippen molar-refractivity contribution in [1.29, 1.82) is 0 Å². The van der Waals surface area contributed by atoms with Crippen molar-refractivity contribution in [3.8, 4) is 0 Å². The average Bonchev–Trinajstić information content (AvgIpc) is 2.48. The number of hydrogen-bond donors (Lipinski definition) is 2.